The van der Waals surface area contributed by atoms with Crippen LogP contribution in [0.25, 0.3) is 5.69 Å². The van der Waals surface area contributed by atoms with E-state index in [2.05, 4.69) is 5.10 Å². The van der Waals surface area contributed by atoms with Crippen molar-refractivity contribution in [2.24, 2.45) is 7.05 Å². The van der Waals surface area contributed by atoms with E-state index in [9.17, 15) is 4.79 Å². The molecule has 90 valence electrons. The lowest BCUT2D eigenvalue weighted by Gasteiger charge is -2.04. The smallest absolute Gasteiger partial charge is 0.352 e. The zero-order chi connectivity index (χ0) is 12.6. The van der Waals surface area contributed by atoms with Crippen LogP contribution in [0, 0.1) is 0 Å². The summed E-state index contributed by atoms with van der Waals surface area (Å²) < 4.78 is 3.21. The van der Waals surface area contributed by atoms with E-state index in [1.165, 1.54) is 6.07 Å². The Bertz CT molecular complexity index is 571. The first kappa shape index (κ1) is 11.7. The monoisotopic (exact) mass is 253 g/mol. The number of aromatic nitrogens is 3. The van der Waals surface area contributed by atoms with Gasteiger partial charge in [0.1, 0.15) is 5.69 Å². The summed E-state index contributed by atoms with van der Waals surface area (Å²) in [4.78, 5) is 11.1. The van der Waals surface area contributed by atoms with Crippen LogP contribution in [0.1, 0.15) is 23.1 Å². The zero-order valence-corrected chi connectivity index (χ0v) is 10.3. The van der Waals surface area contributed by atoms with Gasteiger partial charge in [0.25, 0.3) is 0 Å². The first-order valence-electron chi connectivity index (χ1n) is 5.17. The van der Waals surface area contributed by atoms with Crippen molar-refractivity contribution in [2.45, 2.75) is 13.3 Å². The summed E-state index contributed by atoms with van der Waals surface area (Å²) in [7, 11) is 1.80. The maximum absolute atomic E-state index is 11.1. The number of nitrogens with zero attached hydrogens (tertiary/aromatic N) is 3. The third-order valence-electron chi connectivity index (χ3n) is 2.48. The molecule has 0 aliphatic rings. The highest BCUT2D eigenvalue weighted by molar-refractivity contribution is 6.31. The predicted molar refractivity (Wildman–Crippen MR) is 63.9 cm³/mol. The molecule has 0 saturated heterocycles. The molecule has 2 aromatic heterocycles. The summed E-state index contributed by atoms with van der Waals surface area (Å²) >= 11 is 5.85. The van der Waals surface area contributed by atoms with E-state index in [0.29, 0.717) is 5.02 Å². The molecule has 0 fully saturated rings. The summed E-state index contributed by atoms with van der Waals surface area (Å²) in [6, 6.07) is 1.43. The van der Waals surface area contributed by atoms with Gasteiger partial charge in [-0.2, -0.15) is 5.10 Å². The molecule has 5 nitrogen and oxygen atoms in total. The van der Waals surface area contributed by atoms with Crippen LogP contribution in [0.15, 0.2) is 18.5 Å². The van der Waals surface area contributed by atoms with E-state index in [4.69, 9.17) is 16.7 Å². The first-order valence-corrected chi connectivity index (χ1v) is 5.54. The quantitative estimate of drug-likeness (QED) is 0.912. The first-order chi connectivity index (χ1) is 8.02. The summed E-state index contributed by atoms with van der Waals surface area (Å²) in [5.74, 6) is -1.01. The van der Waals surface area contributed by atoms with Gasteiger partial charge in [0.05, 0.1) is 16.4 Å². The zero-order valence-electron chi connectivity index (χ0n) is 9.51. The van der Waals surface area contributed by atoms with Crippen molar-refractivity contribution < 1.29 is 9.90 Å². The van der Waals surface area contributed by atoms with Gasteiger partial charge in [-0.15, -0.1) is 0 Å². The number of halogens is 1. The Morgan fingerprint density at radius 2 is 2.24 bits per heavy atom. The lowest BCUT2D eigenvalue weighted by atomic mass is 10.3. The highest BCUT2D eigenvalue weighted by Gasteiger charge is 2.16. The molecule has 0 aliphatic carbocycles. The van der Waals surface area contributed by atoms with Crippen molar-refractivity contribution in [3.8, 4) is 5.69 Å². The summed E-state index contributed by atoms with van der Waals surface area (Å²) in [6.07, 6.45) is 4.09. The van der Waals surface area contributed by atoms with Crippen LogP contribution in [0.3, 0.4) is 0 Å². The van der Waals surface area contributed by atoms with Crippen LogP contribution in [0.2, 0.25) is 5.02 Å². The van der Waals surface area contributed by atoms with Gasteiger partial charge in [-0.1, -0.05) is 18.5 Å². The molecule has 0 atom stereocenters. The van der Waals surface area contributed by atoms with E-state index in [0.717, 1.165) is 17.8 Å². The normalized spacial score (nSPS) is 10.8. The van der Waals surface area contributed by atoms with Gasteiger partial charge in [0.2, 0.25) is 0 Å². The molecule has 6 heteroatoms. The lowest BCUT2D eigenvalue weighted by Crippen LogP contribution is -2.06. The number of carboxylic acids is 1. The molecule has 2 rings (SSSR count). The molecule has 0 amide bonds. The SMILES string of the molecule is CCc1nn(C)cc1-n1cc(Cl)cc1C(=O)O. The number of hydrogen-bond acceptors (Lipinski definition) is 2. The van der Waals surface area contributed by atoms with Crippen LogP contribution in [-0.2, 0) is 13.5 Å². The largest absolute Gasteiger partial charge is 0.477 e. The Balaban J connectivity index is 2.63. The Hall–Kier alpha value is -1.75. The van der Waals surface area contributed by atoms with Crippen LogP contribution in [-0.4, -0.2) is 25.4 Å². The van der Waals surface area contributed by atoms with Crippen molar-refractivity contribution in [1.29, 1.82) is 0 Å². The molecule has 0 saturated carbocycles. The van der Waals surface area contributed by atoms with Gasteiger partial charge in [-0.3, -0.25) is 4.68 Å². The van der Waals surface area contributed by atoms with Crippen LogP contribution in [0.5, 0.6) is 0 Å². The van der Waals surface area contributed by atoms with Gasteiger partial charge < -0.3 is 9.67 Å². The van der Waals surface area contributed by atoms with Crippen molar-refractivity contribution in [2.75, 3.05) is 0 Å². The van der Waals surface area contributed by atoms with Crippen molar-refractivity contribution in [3.63, 3.8) is 0 Å². The standard InChI is InChI=1S/C11H12ClN3O2/c1-3-8-10(6-14(2)13-8)15-5-7(12)4-9(15)11(16)17/h4-6H,3H2,1-2H3,(H,16,17). The molecule has 2 aromatic rings. The minimum Gasteiger partial charge on any atom is -0.477 e. The minimum atomic E-state index is -1.01. The predicted octanol–water partition coefficient (Wildman–Crippen LogP) is 2.12. The summed E-state index contributed by atoms with van der Waals surface area (Å²) in [6.45, 7) is 1.97. The number of hydrogen-bond donors (Lipinski definition) is 1. The number of aromatic carboxylic acids is 1. The molecular weight excluding hydrogens is 242 g/mol. The second kappa shape index (κ2) is 4.25. The molecule has 0 aromatic carbocycles. The molecule has 0 aliphatic heterocycles. The van der Waals surface area contributed by atoms with Crippen molar-refractivity contribution >= 4 is 17.6 Å². The summed E-state index contributed by atoms with van der Waals surface area (Å²) in [5.41, 5.74) is 1.72. The van der Waals surface area contributed by atoms with E-state index in [-0.39, 0.29) is 5.69 Å². The maximum atomic E-state index is 11.1. The van der Waals surface area contributed by atoms with Gasteiger partial charge in [-0.05, 0) is 12.5 Å². The average Bonchev–Trinajstić information content (AvgIpc) is 2.81. The van der Waals surface area contributed by atoms with Crippen molar-refractivity contribution in [3.05, 3.63) is 34.9 Å². The van der Waals surface area contributed by atoms with E-state index in [1.54, 1.807) is 28.7 Å². The van der Waals surface area contributed by atoms with Crippen LogP contribution < -0.4 is 0 Å². The highest BCUT2D eigenvalue weighted by Crippen LogP contribution is 2.21. The molecule has 0 radical (unpaired) electrons. The van der Waals surface area contributed by atoms with Gasteiger partial charge in [0.15, 0.2) is 0 Å². The number of rotatable bonds is 3. The van der Waals surface area contributed by atoms with Crippen molar-refractivity contribution in [1.82, 2.24) is 14.3 Å². The molecule has 0 unspecified atom stereocenters. The number of aryl methyl sites for hydroxylation is 2. The maximum Gasteiger partial charge on any atom is 0.352 e. The fraction of sp³-hybridized carbons (Fsp3) is 0.273. The van der Waals surface area contributed by atoms with Gasteiger partial charge >= 0.3 is 5.97 Å². The third kappa shape index (κ3) is 2.06. The Labute approximate surface area is 103 Å². The molecular formula is C11H12ClN3O2. The number of carboxylic acid groups (broad SMARTS) is 1. The molecule has 1 N–H and O–H groups in total. The van der Waals surface area contributed by atoms with Crippen LogP contribution in [0.4, 0.5) is 0 Å². The van der Waals surface area contributed by atoms with E-state index >= 15 is 0 Å². The molecule has 2 heterocycles. The second-order valence-corrected chi connectivity index (χ2v) is 4.14. The molecule has 17 heavy (non-hydrogen) atoms. The van der Waals surface area contributed by atoms with Gasteiger partial charge in [0, 0.05) is 19.4 Å². The topological polar surface area (TPSA) is 60.0 Å². The lowest BCUT2D eigenvalue weighted by molar-refractivity contribution is 0.0688. The molecule has 0 spiro atoms. The molecule has 0 bridgehead atoms. The summed E-state index contributed by atoms with van der Waals surface area (Å²) in [5, 5.41) is 13.8. The third-order valence-corrected chi connectivity index (χ3v) is 2.69. The average molecular weight is 254 g/mol. The number of carbonyl (C=O) groups is 1. The van der Waals surface area contributed by atoms with Gasteiger partial charge in [-0.25, -0.2) is 4.79 Å². The van der Waals surface area contributed by atoms with E-state index in [1.807, 2.05) is 6.92 Å². The Morgan fingerprint density at radius 3 is 2.82 bits per heavy atom. The van der Waals surface area contributed by atoms with Crippen LogP contribution >= 0.6 is 11.6 Å². The fourth-order valence-electron chi connectivity index (χ4n) is 1.77. The second-order valence-electron chi connectivity index (χ2n) is 3.71. The fourth-order valence-corrected chi connectivity index (χ4v) is 1.97. The Morgan fingerprint density at radius 1 is 1.53 bits per heavy atom. The minimum absolute atomic E-state index is 0.137. The Kier molecular flexibility index (Phi) is 2.93. The highest BCUT2D eigenvalue weighted by atomic mass is 35.5. The van der Waals surface area contributed by atoms with E-state index < -0.39 is 5.97 Å².